The van der Waals surface area contributed by atoms with Crippen molar-refractivity contribution >= 4 is 5.69 Å². The Bertz CT molecular complexity index is 1300. The molecule has 5 rings (SSSR count). The van der Waals surface area contributed by atoms with E-state index in [9.17, 15) is 4.39 Å². The zero-order chi connectivity index (χ0) is 25.1. The van der Waals surface area contributed by atoms with Gasteiger partial charge in [0.2, 0.25) is 0 Å². The van der Waals surface area contributed by atoms with Crippen LogP contribution in [0, 0.1) is 19.7 Å². The molecule has 0 N–H and O–H groups in total. The lowest BCUT2D eigenvalue weighted by molar-refractivity contribution is 0.201. The van der Waals surface area contributed by atoms with Gasteiger partial charge >= 0.3 is 0 Å². The molecular formula is C28H31FN6O. The van der Waals surface area contributed by atoms with Crippen molar-refractivity contribution in [2.45, 2.75) is 26.4 Å². The van der Waals surface area contributed by atoms with Gasteiger partial charge in [-0.05, 0) is 76.9 Å². The monoisotopic (exact) mass is 486 g/mol. The first kappa shape index (κ1) is 23.9. The van der Waals surface area contributed by atoms with Gasteiger partial charge < -0.3 is 9.64 Å². The molecule has 1 saturated heterocycles. The molecule has 3 aromatic carbocycles. The van der Waals surface area contributed by atoms with E-state index in [0.717, 1.165) is 48.9 Å². The van der Waals surface area contributed by atoms with Crippen LogP contribution in [0.2, 0.25) is 0 Å². The number of tetrazole rings is 1. The predicted molar refractivity (Wildman–Crippen MR) is 138 cm³/mol. The van der Waals surface area contributed by atoms with Gasteiger partial charge in [0.25, 0.3) is 0 Å². The molecule has 1 atom stereocenters. The Morgan fingerprint density at radius 1 is 0.917 bits per heavy atom. The molecule has 1 fully saturated rings. The van der Waals surface area contributed by atoms with Crippen molar-refractivity contribution in [3.05, 3.63) is 101 Å². The van der Waals surface area contributed by atoms with Gasteiger partial charge in [-0.2, -0.15) is 0 Å². The highest BCUT2D eigenvalue weighted by Gasteiger charge is 2.31. The van der Waals surface area contributed by atoms with Crippen molar-refractivity contribution < 1.29 is 9.13 Å². The van der Waals surface area contributed by atoms with Gasteiger partial charge in [-0.15, -0.1) is 5.10 Å². The molecule has 0 amide bonds. The zero-order valence-electron chi connectivity index (χ0n) is 20.9. The van der Waals surface area contributed by atoms with Crippen molar-refractivity contribution in [1.29, 1.82) is 0 Å². The minimum atomic E-state index is -0.255. The number of hydrogen-bond acceptors (Lipinski definition) is 6. The largest absolute Gasteiger partial charge is 0.497 e. The van der Waals surface area contributed by atoms with E-state index in [2.05, 4.69) is 57.4 Å². The van der Waals surface area contributed by atoms with Crippen molar-refractivity contribution in [1.82, 2.24) is 25.1 Å². The molecule has 1 aliphatic heterocycles. The zero-order valence-corrected chi connectivity index (χ0v) is 20.9. The van der Waals surface area contributed by atoms with Gasteiger partial charge in [-0.1, -0.05) is 36.4 Å². The van der Waals surface area contributed by atoms with Crippen LogP contribution in [0.1, 0.15) is 34.1 Å². The molecule has 1 aliphatic rings. The number of ether oxygens (including phenoxy) is 1. The average molecular weight is 487 g/mol. The van der Waals surface area contributed by atoms with Crippen LogP contribution in [0.25, 0.3) is 0 Å². The number of piperazine rings is 1. The summed E-state index contributed by atoms with van der Waals surface area (Å²) in [6.45, 7) is 8.29. The number of aromatic nitrogens is 4. The van der Waals surface area contributed by atoms with Crippen LogP contribution in [0.4, 0.5) is 10.1 Å². The van der Waals surface area contributed by atoms with Gasteiger partial charge in [-0.3, -0.25) is 4.90 Å². The average Bonchev–Trinajstić information content (AvgIpc) is 3.35. The number of methoxy groups -OCH3 is 1. The normalized spacial score (nSPS) is 15.2. The lowest BCUT2D eigenvalue weighted by Gasteiger charge is -2.40. The molecule has 0 unspecified atom stereocenters. The fourth-order valence-electron chi connectivity index (χ4n) is 4.87. The molecular weight excluding hydrogens is 455 g/mol. The predicted octanol–water partition coefficient (Wildman–Crippen LogP) is 4.40. The third-order valence-electron chi connectivity index (χ3n) is 6.87. The number of nitrogens with zero attached hydrogens (tertiary/aromatic N) is 6. The van der Waals surface area contributed by atoms with Crippen LogP contribution < -0.4 is 9.64 Å². The third-order valence-corrected chi connectivity index (χ3v) is 6.87. The first-order valence-corrected chi connectivity index (χ1v) is 12.2. The number of hydrogen-bond donors (Lipinski definition) is 0. The summed E-state index contributed by atoms with van der Waals surface area (Å²) < 4.78 is 20.9. The van der Waals surface area contributed by atoms with Crippen LogP contribution in [0.5, 0.6) is 5.75 Å². The van der Waals surface area contributed by atoms with Gasteiger partial charge in [0, 0.05) is 31.9 Å². The summed E-state index contributed by atoms with van der Waals surface area (Å²) in [7, 11) is 1.65. The summed E-state index contributed by atoms with van der Waals surface area (Å²) in [5.41, 5.74) is 5.88. The Morgan fingerprint density at radius 2 is 1.64 bits per heavy atom. The fourth-order valence-corrected chi connectivity index (χ4v) is 4.87. The SMILES string of the molecule is COc1ccc(Cn2nnnc2[C@H](c2ccc(F)cc2)N2CCN(c3cc(C)ccc3C)CC2)cc1. The summed E-state index contributed by atoms with van der Waals surface area (Å²) in [4.78, 5) is 4.84. The van der Waals surface area contributed by atoms with Crippen molar-refractivity contribution in [3.63, 3.8) is 0 Å². The Kier molecular flexibility index (Phi) is 6.95. The quantitative estimate of drug-likeness (QED) is 0.386. The minimum absolute atomic E-state index is 0.181. The molecule has 7 nitrogen and oxygen atoms in total. The molecule has 0 saturated carbocycles. The highest BCUT2D eigenvalue weighted by molar-refractivity contribution is 5.55. The highest BCUT2D eigenvalue weighted by Crippen LogP contribution is 2.30. The van der Waals surface area contributed by atoms with Crippen LogP contribution in [-0.2, 0) is 6.54 Å². The Morgan fingerprint density at radius 3 is 2.33 bits per heavy atom. The molecule has 4 aromatic rings. The Labute approximate surface area is 211 Å². The number of benzene rings is 3. The van der Waals surface area contributed by atoms with E-state index >= 15 is 0 Å². The maximum absolute atomic E-state index is 13.8. The van der Waals surface area contributed by atoms with Gasteiger partial charge in [-0.25, -0.2) is 9.07 Å². The number of rotatable bonds is 7. The summed E-state index contributed by atoms with van der Waals surface area (Å²) in [5, 5.41) is 12.8. The first-order valence-electron chi connectivity index (χ1n) is 12.2. The second kappa shape index (κ2) is 10.5. The van der Waals surface area contributed by atoms with Gasteiger partial charge in [0.05, 0.1) is 19.7 Å². The molecule has 0 aliphatic carbocycles. The van der Waals surface area contributed by atoms with Gasteiger partial charge in [0.15, 0.2) is 5.82 Å². The maximum Gasteiger partial charge on any atom is 0.173 e. The van der Waals surface area contributed by atoms with E-state index < -0.39 is 0 Å². The van der Waals surface area contributed by atoms with Gasteiger partial charge in [0.1, 0.15) is 11.6 Å². The molecule has 1 aromatic heterocycles. The molecule has 0 radical (unpaired) electrons. The molecule has 0 spiro atoms. The van der Waals surface area contributed by atoms with Crippen molar-refractivity contribution in [2.75, 3.05) is 38.2 Å². The molecule has 186 valence electrons. The van der Waals surface area contributed by atoms with E-state index in [1.807, 2.05) is 41.1 Å². The Balaban J connectivity index is 1.42. The molecule has 0 bridgehead atoms. The van der Waals surface area contributed by atoms with Crippen molar-refractivity contribution in [3.8, 4) is 5.75 Å². The van der Waals surface area contributed by atoms with Crippen molar-refractivity contribution in [2.24, 2.45) is 0 Å². The van der Waals surface area contributed by atoms with E-state index in [4.69, 9.17) is 4.74 Å². The molecule has 36 heavy (non-hydrogen) atoms. The maximum atomic E-state index is 13.8. The summed E-state index contributed by atoms with van der Waals surface area (Å²) in [5.74, 6) is 1.30. The highest BCUT2D eigenvalue weighted by atomic mass is 19.1. The second-order valence-electron chi connectivity index (χ2n) is 9.31. The first-order chi connectivity index (χ1) is 17.5. The van der Waals surface area contributed by atoms with E-state index in [0.29, 0.717) is 6.54 Å². The second-order valence-corrected chi connectivity index (χ2v) is 9.31. The number of halogens is 1. The summed E-state index contributed by atoms with van der Waals surface area (Å²) in [6.07, 6.45) is 0. The Hall–Kier alpha value is -3.78. The minimum Gasteiger partial charge on any atom is -0.497 e. The lowest BCUT2D eigenvalue weighted by Crippen LogP contribution is -2.48. The standard InChI is InChI=1S/C28H31FN6O/c1-20-4-5-21(2)26(18-20)33-14-16-34(17-15-33)27(23-8-10-24(29)11-9-23)28-30-31-32-35(28)19-22-6-12-25(36-3)13-7-22/h4-13,18,27H,14-17,19H2,1-3H3/t27-/m0/s1. The van der Waals surface area contributed by atoms with Crippen LogP contribution in [0.15, 0.2) is 66.7 Å². The van der Waals surface area contributed by atoms with Crippen LogP contribution >= 0.6 is 0 Å². The molecule has 8 heteroatoms. The topological polar surface area (TPSA) is 59.3 Å². The fraction of sp³-hybridized carbons (Fsp3) is 0.321. The number of aryl methyl sites for hydroxylation is 2. The summed E-state index contributed by atoms with van der Waals surface area (Å²) in [6, 6.07) is 21.0. The lowest BCUT2D eigenvalue weighted by atomic mass is 10.0. The molecule has 2 heterocycles. The van der Waals surface area contributed by atoms with E-state index in [-0.39, 0.29) is 11.9 Å². The van der Waals surface area contributed by atoms with E-state index in [1.54, 1.807) is 7.11 Å². The summed E-state index contributed by atoms with van der Waals surface area (Å²) >= 11 is 0. The smallest absolute Gasteiger partial charge is 0.173 e. The number of anilines is 1. The van der Waals surface area contributed by atoms with E-state index in [1.165, 1.54) is 28.9 Å². The van der Waals surface area contributed by atoms with Crippen LogP contribution in [0.3, 0.4) is 0 Å². The van der Waals surface area contributed by atoms with Crippen LogP contribution in [-0.4, -0.2) is 58.4 Å². The third kappa shape index (κ3) is 5.09.